The van der Waals surface area contributed by atoms with Crippen LogP contribution in [0.5, 0.6) is 0 Å². The Morgan fingerprint density at radius 1 is 0.440 bits per heavy atom. The molecule has 0 saturated heterocycles. The first-order valence-electron chi connectivity index (χ1n) is 17.6. The molecule has 50 heavy (non-hydrogen) atoms. The largest absolute Gasteiger partial charge is 0.355 e. The third kappa shape index (κ3) is 5.29. The average molecular weight is 640 g/mol. The van der Waals surface area contributed by atoms with Crippen LogP contribution in [0, 0.1) is 0 Å². The maximum absolute atomic E-state index is 3.64. The number of aromatic amines is 1. The molecule has 0 atom stereocenters. The lowest BCUT2D eigenvalue weighted by Gasteiger charge is -2.19. The predicted octanol–water partition coefficient (Wildman–Crippen LogP) is 11.8. The van der Waals surface area contributed by atoms with Crippen LogP contribution < -0.4 is 10.6 Å². The Bertz CT molecular complexity index is 2820. The monoisotopic (exact) mass is 639 g/mol. The summed E-state index contributed by atoms with van der Waals surface area (Å²) in [6.45, 7) is 2.20. The number of benzene rings is 8. The SMILES string of the molecule is CC/C=c1/[nH]c2ccccc2/c1=C/Cc1cccc(-c2c3ccccc3c(-c3ccc4ccccc4c3)c3cc(-c4ccccc4)ccc23)c1. The van der Waals surface area contributed by atoms with Crippen LogP contribution in [0.1, 0.15) is 18.9 Å². The van der Waals surface area contributed by atoms with Crippen LogP contribution in [-0.2, 0) is 6.42 Å². The molecule has 0 aliphatic carbocycles. The van der Waals surface area contributed by atoms with Crippen LogP contribution in [-0.4, -0.2) is 4.98 Å². The summed E-state index contributed by atoms with van der Waals surface area (Å²) in [5.41, 5.74) is 9.99. The topological polar surface area (TPSA) is 15.8 Å². The van der Waals surface area contributed by atoms with E-state index in [1.165, 1.54) is 92.7 Å². The predicted molar refractivity (Wildman–Crippen MR) is 216 cm³/mol. The number of para-hydroxylation sites is 1. The molecule has 0 fully saturated rings. The molecule has 0 aliphatic rings. The second-order valence-electron chi connectivity index (χ2n) is 13.2. The van der Waals surface area contributed by atoms with Crippen molar-refractivity contribution in [1.29, 1.82) is 0 Å². The third-order valence-electron chi connectivity index (χ3n) is 10.1. The lowest BCUT2D eigenvalue weighted by atomic mass is 9.84. The van der Waals surface area contributed by atoms with Crippen molar-refractivity contribution in [2.24, 2.45) is 0 Å². The van der Waals surface area contributed by atoms with Crippen molar-refractivity contribution < 1.29 is 0 Å². The lowest BCUT2D eigenvalue weighted by molar-refractivity contribution is 1.24. The van der Waals surface area contributed by atoms with Gasteiger partial charge in [0.2, 0.25) is 0 Å². The summed E-state index contributed by atoms with van der Waals surface area (Å²) >= 11 is 0. The molecule has 238 valence electrons. The van der Waals surface area contributed by atoms with Gasteiger partial charge in [-0.2, -0.15) is 0 Å². The number of aromatic nitrogens is 1. The Hall–Kier alpha value is -6.18. The molecular formula is C49H37N. The Morgan fingerprint density at radius 3 is 1.90 bits per heavy atom. The summed E-state index contributed by atoms with van der Waals surface area (Å²) < 4.78 is 0. The summed E-state index contributed by atoms with van der Waals surface area (Å²) in [6, 6.07) is 60.1. The lowest BCUT2D eigenvalue weighted by Crippen LogP contribution is -2.22. The zero-order valence-corrected chi connectivity index (χ0v) is 28.2. The smallest absolute Gasteiger partial charge is 0.0464 e. The van der Waals surface area contributed by atoms with E-state index in [1.807, 2.05) is 0 Å². The van der Waals surface area contributed by atoms with Crippen molar-refractivity contribution in [3.63, 3.8) is 0 Å². The number of H-pyrrole nitrogens is 1. The van der Waals surface area contributed by atoms with Crippen LogP contribution in [0.15, 0.2) is 164 Å². The van der Waals surface area contributed by atoms with E-state index >= 15 is 0 Å². The minimum atomic E-state index is 0.851. The van der Waals surface area contributed by atoms with Crippen LogP contribution in [0.2, 0.25) is 0 Å². The van der Waals surface area contributed by atoms with Gasteiger partial charge in [-0.15, -0.1) is 0 Å². The van der Waals surface area contributed by atoms with E-state index in [9.17, 15) is 0 Å². The van der Waals surface area contributed by atoms with Gasteiger partial charge in [-0.1, -0.05) is 165 Å². The second kappa shape index (κ2) is 12.7. The fourth-order valence-corrected chi connectivity index (χ4v) is 7.80. The van der Waals surface area contributed by atoms with E-state index < -0.39 is 0 Å². The van der Waals surface area contributed by atoms with Crippen LogP contribution in [0.3, 0.4) is 0 Å². The molecule has 0 unspecified atom stereocenters. The van der Waals surface area contributed by atoms with Crippen molar-refractivity contribution in [3.05, 3.63) is 180 Å². The van der Waals surface area contributed by atoms with Crippen molar-refractivity contribution in [2.45, 2.75) is 19.8 Å². The number of hydrogen-bond donors (Lipinski definition) is 1. The highest BCUT2D eigenvalue weighted by atomic mass is 14.7. The summed E-state index contributed by atoms with van der Waals surface area (Å²) in [5, 5.41) is 11.4. The van der Waals surface area contributed by atoms with Crippen molar-refractivity contribution >= 4 is 55.4 Å². The van der Waals surface area contributed by atoms with E-state index in [-0.39, 0.29) is 0 Å². The summed E-state index contributed by atoms with van der Waals surface area (Å²) in [4.78, 5) is 3.64. The minimum Gasteiger partial charge on any atom is -0.355 e. The first kappa shape index (κ1) is 29.9. The summed E-state index contributed by atoms with van der Waals surface area (Å²) in [6.07, 6.45) is 6.53. The molecule has 8 aromatic carbocycles. The Morgan fingerprint density at radius 2 is 1.08 bits per heavy atom. The van der Waals surface area contributed by atoms with Gasteiger partial charge >= 0.3 is 0 Å². The molecule has 9 aromatic rings. The van der Waals surface area contributed by atoms with Gasteiger partial charge in [-0.3, -0.25) is 0 Å². The molecule has 0 saturated carbocycles. The van der Waals surface area contributed by atoms with E-state index in [0.29, 0.717) is 0 Å². The summed E-state index contributed by atoms with van der Waals surface area (Å²) in [7, 11) is 0. The van der Waals surface area contributed by atoms with Crippen LogP contribution in [0.25, 0.3) is 88.8 Å². The molecule has 1 aromatic heterocycles. The zero-order chi connectivity index (χ0) is 33.4. The number of fused-ring (bicyclic) bond motifs is 4. The second-order valence-corrected chi connectivity index (χ2v) is 13.2. The van der Waals surface area contributed by atoms with Crippen LogP contribution >= 0.6 is 0 Å². The highest BCUT2D eigenvalue weighted by Gasteiger charge is 2.18. The van der Waals surface area contributed by atoms with Gasteiger partial charge in [0, 0.05) is 21.5 Å². The van der Waals surface area contributed by atoms with Crippen molar-refractivity contribution in [2.75, 3.05) is 0 Å². The third-order valence-corrected chi connectivity index (χ3v) is 10.1. The zero-order valence-electron chi connectivity index (χ0n) is 28.2. The highest BCUT2D eigenvalue weighted by molar-refractivity contribution is 6.22. The Kier molecular flexibility index (Phi) is 7.59. The molecule has 1 heteroatoms. The van der Waals surface area contributed by atoms with Gasteiger partial charge in [0.15, 0.2) is 0 Å². The van der Waals surface area contributed by atoms with E-state index in [1.54, 1.807) is 0 Å². The maximum atomic E-state index is 3.64. The molecule has 1 N–H and O–H groups in total. The molecule has 0 aliphatic heterocycles. The number of hydrogen-bond acceptors (Lipinski definition) is 0. The number of rotatable bonds is 6. The van der Waals surface area contributed by atoms with E-state index in [2.05, 4.69) is 188 Å². The van der Waals surface area contributed by atoms with Gasteiger partial charge in [0.05, 0.1) is 0 Å². The highest BCUT2D eigenvalue weighted by Crippen LogP contribution is 2.45. The molecule has 1 heterocycles. The van der Waals surface area contributed by atoms with Gasteiger partial charge in [-0.25, -0.2) is 0 Å². The quantitative estimate of drug-likeness (QED) is 0.174. The maximum Gasteiger partial charge on any atom is 0.0464 e. The van der Waals surface area contributed by atoms with Crippen molar-refractivity contribution in [3.8, 4) is 33.4 Å². The summed E-state index contributed by atoms with van der Waals surface area (Å²) in [5.74, 6) is 0. The van der Waals surface area contributed by atoms with Crippen molar-refractivity contribution in [1.82, 2.24) is 4.98 Å². The fourth-order valence-electron chi connectivity index (χ4n) is 7.80. The van der Waals surface area contributed by atoms with E-state index in [4.69, 9.17) is 0 Å². The van der Waals surface area contributed by atoms with Gasteiger partial charge in [0.1, 0.15) is 0 Å². The standard InChI is InChI=1S/C49H37N/c1-2-13-46-41(40-20-10-11-23-47(40)50-46)28-24-33-14-12-19-38(30-33)48-42-21-8-9-22-43(42)49(39-26-25-35-17-6-7-18-36(35)31-39)45-32-37(27-29-44(45)48)34-15-4-3-5-16-34/h3-23,25-32,50H,2,24H2,1H3/b41-28-,46-13+. The molecule has 9 rings (SSSR count). The van der Waals surface area contributed by atoms with E-state index in [0.717, 1.165) is 12.8 Å². The molecule has 0 bridgehead atoms. The minimum absolute atomic E-state index is 0.851. The average Bonchev–Trinajstić information content (AvgIpc) is 3.53. The number of nitrogens with one attached hydrogen (secondary N) is 1. The van der Waals surface area contributed by atoms with Crippen LogP contribution in [0.4, 0.5) is 0 Å². The fraction of sp³-hybridized carbons (Fsp3) is 0.0612. The van der Waals surface area contributed by atoms with Gasteiger partial charge < -0.3 is 4.98 Å². The molecule has 1 nitrogen and oxygen atoms in total. The molecule has 0 radical (unpaired) electrons. The first-order valence-corrected chi connectivity index (χ1v) is 17.6. The molecule has 0 spiro atoms. The molecular weight excluding hydrogens is 603 g/mol. The normalized spacial score (nSPS) is 12.5. The Balaban J connectivity index is 1.27. The van der Waals surface area contributed by atoms with Gasteiger partial charge in [0.25, 0.3) is 0 Å². The Labute approximate surface area is 292 Å². The first-order chi connectivity index (χ1) is 24.7. The van der Waals surface area contributed by atoms with Gasteiger partial charge in [-0.05, 0) is 102 Å². The molecule has 0 amide bonds.